The van der Waals surface area contributed by atoms with E-state index < -0.39 is 6.10 Å². The lowest BCUT2D eigenvalue weighted by Crippen LogP contribution is -2.23. The van der Waals surface area contributed by atoms with Crippen molar-refractivity contribution in [2.45, 2.75) is 135 Å². The normalized spacial score (nSPS) is 13.3. The zero-order valence-electron chi connectivity index (χ0n) is 19.9. The van der Waals surface area contributed by atoms with Gasteiger partial charge < -0.3 is 19.7 Å². The lowest BCUT2D eigenvalue weighted by molar-refractivity contribution is -0.150. The van der Waals surface area contributed by atoms with Crippen LogP contribution in [0.25, 0.3) is 0 Å². The molecule has 5 heteroatoms. The van der Waals surface area contributed by atoms with Gasteiger partial charge in [-0.2, -0.15) is 0 Å². The number of hydrogen-bond acceptors (Lipinski definition) is 5. The molecule has 5 nitrogen and oxygen atoms in total. The molecule has 0 rings (SSSR count). The van der Waals surface area contributed by atoms with Crippen molar-refractivity contribution in [2.24, 2.45) is 0 Å². The average molecular weight is 431 g/mol. The highest BCUT2D eigenvalue weighted by atomic mass is 16.5. The Labute approximate surface area is 185 Å². The summed E-state index contributed by atoms with van der Waals surface area (Å²) in [4.78, 5) is 12.2. The molecule has 0 saturated heterocycles. The number of unbranched alkanes of at least 4 members (excludes halogenated alkanes) is 12. The van der Waals surface area contributed by atoms with Crippen molar-refractivity contribution in [2.75, 3.05) is 19.8 Å². The maximum absolute atomic E-state index is 12.2. The largest absolute Gasteiger partial charge is 0.462 e. The van der Waals surface area contributed by atoms with Gasteiger partial charge in [0, 0.05) is 12.8 Å². The Hall–Kier alpha value is -0.650. The Kier molecular flexibility index (Phi) is 22.5. The number of carbonyl (C=O) groups is 1. The molecule has 0 bridgehead atoms. The van der Waals surface area contributed by atoms with E-state index in [9.17, 15) is 9.90 Å². The molecule has 30 heavy (non-hydrogen) atoms. The SMILES string of the molecule is CCCCCCCCCCCC(=O)O[C@H](CCCCCCC)CCOC[C@H](O)CO. The highest BCUT2D eigenvalue weighted by molar-refractivity contribution is 5.69. The summed E-state index contributed by atoms with van der Waals surface area (Å²) < 4.78 is 11.1. The second-order valence-electron chi connectivity index (χ2n) is 8.59. The van der Waals surface area contributed by atoms with Crippen molar-refractivity contribution in [3.05, 3.63) is 0 Å². The monoisotopic (exact) mass is 430 g/mol. The van der Waals surface area contributed by atoms with E-state index in [1.165, 1.54) is 70.6 Å². The van der Waals surface area contributed by atoms with Gasteiger partial charge in [-0.15, -0.1) is 0 Å². The Morgan fingerprint density at radius 2 is 1.30 bits per heavy atom. The third-order valence-corrected chi connectivity index (χ3v) is 5.52. The number of hydrogen-bond donors (Lipinski definition) is 2. The molecular weight excluding hydrogens is 380 g/mol. The zero-order chi connectivity index (χ0) is 22.3. The highest BCUT2D eigenvalue weighted by Gasteiger charge is 2.15. The Balaban J connectivity index is 3.96. The van der Waals surface area contributed by atoms with Crippen LogP contribution in [0.4, 0.5) is 0 Å². The third-order valence-electron chi connectivity index (χ3n) is 5.52. The Morgan fingerprint density at radius 1 is 0.767 bits per heavy atom. The first-order valence-corrected chi connectivity index (χ1v) is 12.7. The van der Waals surface area contributed by atoms with Crippen molar-refractivity contribution in [3.8, 4) is 0 Å². The van der Waals surface area contributed by atoms with Crippen molar-refractivity contribution >= 4 is 5.97 Å². The average Bonchev–Trinajstić information content (AvgIpc) is 2.74. The van der Waals surface area contributed by atoms with Gasteiger partial charge in [-0.1, -0.05) is 90.9 Å². The van der Waals surface area contributed by atoms with Crippen LogP contribution in [0.15, 0.2) is 0 Å². The molecular formula is C25H50O5. The van der Waals surface area contributed by atoms with E-state index in [0.29, 0.717) is 19.4 Å². The summed E-state index contributed by atoms with van der Waals surface area (Å²) in [6.45, 7) is 4.70. The molecule has 0 aromatic heterocycles. The summed E-state index contributed by atoms with van der Waals surface area (Å²) in [6, 6.07) is 0. The van der Waals surface area contributed by atoms with Crippen LogP contribution in [-0.2, 0) is 14.3 Å². The van der Waals surface area contributed by atoms with Gasteiger partial charge in [0.2, 0.25) is 0 Å². The van der Waals surface area contributed by atoms with Crippen LogP contribution in [0.5, 0.6) is 0 Å². The van der Waals surface area contributed by atoms with Crippen molar-refractivity contribution in [3.63, 3.8) is 0 Å². The summed E-state index contributed by atoms with van der Waals surface area (Å²) in [5.74, 6) is -0.0908. The maximum atomic E-state index is 12.2. The molecule has 2 N–H and O–H groups in total. The van der Waals surface area contributed by atoms with E-state index in [-0.39, 0.29) is 25.3 Å². The number of carbonyl (C=O) groups excluding carboxylic acids is 1. The van der Waals surface area contributed by atoms with Gasteiger partial charge in [0.15, 0.2) is 0 Å². The molecule has 0 heterocycles. The van der Waals surface area contributed by atoms with Gasteiger partial charge >= 0.3 is 5.97 Å². The van der Waals surface area contributed by atoms with Crippen LogP contribution in [0.3, 0.4) is 0 Å². The minimum absolute atomic E-state index is 0.0908. The molecule has 0 radical (unpaired) electrons. The van der Waals surface area contributed by atoms with Crippen LogP contribution < -0.4 is 0 Å². The van der Waals surface area contributed by atoms with E-state index >= 15 is 0 Å². The topological polar surface area (TPSA) is 76.0 Å². The minimum Gasteiger partial charge on any atom is -0.462 e. The number of aliphatic hydroxyl groups is 2. The summed E-state index contributed by atoms with van der Waals surface area (Å²) >= 11 is 0. The predicted octanol–water partition coefficient (Wildman–Crippen LogP) is 5.94. The predicted molar refractivity (Wildman–Crippen MR) is 124 cm³/mol. The number of aliphatic hydroxyl groups excluding tert-OH is 2. The van der Waals surface area contributed by atoms with Crippen LogP contribution >= 0.6 is 0 Å². The van der Waals surface area contributed by atoms with Crippen LogP contribution in [-0.4, -0.2) is 48.2 Å². The van der Waals surface area contributed by atoms with E-state index in [1.54, 1.807) is 0 Å². The second kappa shape index (κ2) is 23.0. The summed E-state index contributed by atoms with van der Waals surface area (Å²) in [5, 5.41) is 18.2. The van der Waals surface area contributed by atoms with Gasteiger partial charge in [-0.25, -0.2) is 0 Å². The summed E-state index contributed by atoms with van der Waals surface area (Å²) in [7, 11) is 0. The van der Waals surface area contributed by atoms with Gasteiger partial charge in [0.05, 0.1) is 19.8 Å². The quantitative estimate of drug-likeness (QED) is 0.155. The number of rotatable bonds is 23. The first-order chi connectivity index (χ1) is 14.6. The van der Waals surface area contributed by atoms with E-state index in [2.05, 4.69) is 13.8 Å². The summed E-state index contributed by atoms with van der Waals surface area (Å²) in [6.07, 6.45) is 18.2. The molecule has 0 fully saturated rings. The first kappa shape index (κ1) is 29.4. The Morgan fingerprint density at radius 3 is 1.87 bits per heavy atom. The molecule has 0 aliphatic rings. The standard InChI is InChI=1S/C25H50O5/c1-3-5-7-9-10-11-12-14-16-18-25(28)30-24(17-15-13-8-6-4-2)19-20-29-22-23(27)21-26/h23-24,26-27H,3-22H2,1-2H3/t23-,24-/m1/s1. The molecule has 0 saturated carbocycles. The molecule has 0 aliphatic carbocycles. The van der Waals surface area contributed by atoms with Crippen molar-refractivity contribution < 1.29 is 24.5 Å². The zero-order valence-corrected chi connectivity index (χ0v) is 19.9. The molecule has 0 unspecified atom stereocenters. The lowest BCUT2D eigenvalue weighted by Gasteiger charge is -2.18. The fraction of sp³-hybridized carbons (Fsp3) is 0.960. The Bertz CT molecular complexity index is 361. The van der Waals surface area contributed by atoms with Crippen LogP contribution in [0.1, 0.15) is 123 Å². The van der Waals surface area contributed by atoms with Gasteiger partial charge in [0.25, 0.3) is 0 Å². The lowest BCUT2D eigenvalue weighted by atomic mass is 10.1. The molecule has 0 aromatic carbocycles. The van der Waals surface area contributed by atoms with E-state index in [1.807, 2.05) is 0 Å². The van der Waals surface area contributed by atoms with E-state index in [4.69, 9.17) is 14.6 Å². The van der Waals surface area contributed by atoms with Gasteiger partial charge in [-0.3, -0.25) is 4.79 Å². The molecule has 180 valence electrons. The minimum atomic E-state index is -0.841. The van der Waals surface area contributed by atoms with Crippen molar-refractivity contribution in [1.82, 2.24) is 0 Å². The number of ether oxygens (including phenoxy) is 2. The maximum Gasteiger partial charge on any atom is 0.306 e. The first-order valence-electron chi connectivity index (χ1n) is 12.7. The van der Waals surface area contributed by atoms with Crippen LogP contribution in [0, 0.1) is 0 Å². The van der Waals surface area contributed by atoms with Gasteiger partial charge in [-0.05, 0) is 19.3 Å². The van der Waals surface area contributed by atoms with Gasteiger partial charge in [0.1, 0.15) is 12.2 Å². The molecule has 0 aliphatic heterocycles. The molecule has 0 aromatic rings. The molecule has 0 spiro atoms. The second-order valence-corrected chi connectivity index (χ2v) is 8.59. The fourth-order valence-corrected chi connectivity index (χ4v) is 3.55. The van der Waals surface area contributed by atoms with E-state index in [0.717, 1.165) is 25.7 Å². The number of esters is 1. The molecule has 2 atom stereocenters. The highest BCUT2D eigenvalue weighted by Crippen LogP contribution is 2.15. The third kappa shape index (κ3) is 20.6. The fourth-order valence-electron chi connectivity index (χ4n) is 3.55. The smallest absolute Gasteiger partial charge is 0.306 e. The molecule has 0 amide bonds. The van der Waals surface area contributed by atoms with Crippen molar-refractivity contribution in [1.29, 1.82) is 0 Å². The van der Waals surface area contributed by atoms with Crippen LogP contribution in [0.2, 0.25) is 0 Å². The summed E-state index contributed by atoms with van der Waals surface area (Å²) in [5.41, 5.74) is 0.